The maximum Gasteiger partial charge on any atom is 0.259 e. The van der Waals surface area contributed by atoms with Crippen molar-refractivity contribution in [3.8, 4) is 0 Å². The number of aromatic nitrogens is 2. The molecule has 0 fully saturated rings. The first kappa shape index (κ1) is 13.0. The molecule has 0 aliphatic rings. The molecular formula is C14H16N4O. The molecule has 5 heteroatoms. The molecule has 0 spiro atoms. The van der Waals surface area contributed by atoms with Crippen LogP contribution in [0, 0.1) is 13.8 Å². The second-order valence-electron chi connectivity index (χ2n) is 4.21. The maximum absolute atomic E-state index is 12.2. The van der Waals surface area contributed by atoms with E-state index in [1.807, 2.05) is 26.0 Å². The molecule has 2 aromatic heterocycles. The lowest BCUT2D eigenvalue weighted by molar-refractivity contribution is 0.102. The van der Waals surface area contributed by atoms with Crippen molar-refractivity contribution in [2.24, 2.45) is 0 Å². The monoisotopic (exact) mass is 256 g/mol. The normalized spacial score (nSPS) is 10.1. The molecule has 2 N–H and O–H groups in total. The molecule has 0 aromatic carbocycles. The largest absolute Gasteiger partial charge is 0.387 e. The molecule has 0 unspecified atom stereocenters. The Kier molecular flexibility index (Phi) is 3.75. The van der Waals surface area contributed by atoms with E-state index in [2.05, 4.69) is 20.6 Å². The van der Waals surface area contributed by atoms with Crippen molar-refractivity contribution in [2.45, 2.75) is 13.8 Å². The zero-order valence-electron chi connectivity index (χ0n) is 11.2. The zero-order chi connectivity index (χ0) is 13.8. The third-order valence-electron chi connectivity index (χ3n) is 2.81. The Balaban J connectivity index is 2.28. The predicted octanol–water partition coefficient (Wildman–Crippen LogP) is 2.39. The summed E-state index contributed by atoms with van der Waals surface area (Å²) in [5.74, 6) is -0.201. The average molecular weight is 256 g/mol. The number of hydrogen-bond donors (Lipinski definition) is 2. The summed E-state index contributed by atoms with van der Waals surface area (Å²) < 4.78 is 0. The fourth-order valence-corrected chi connectivity index (χ4v) is 1.75. The molecule has 0 saturated heterocycles. The van der Waals surface area contributed by atoms with Crippen molar-refractivity contribution >= 4 is 17.3 Å². The van der Waals surface area contributed by atoms with Crippen molar-refractivity contribution < 1.29 is 4.79 Å². The lowest BCUT2D eigenvalue weighted by atomic mass is 10.2. The van der Waals surface area contributed by atoms with Crippen LogP contribution in [0.5, 0.6) is 0 Å². The molecule has 2 heterocycles. The summed E-state index contributed by atoms with van der Waals surface area (Å²) in [5, 5.41) is 5.84. The third kappa shape index (κ3) is 2.88. The fourth-order valence-electron chi connectivity index (χ4n) is 1.75. The topological polar surface area (TPSA) is 66.9 Å². The third-order valence-corrected chi connectivity index (χ3v) is 2.81. The summed E-state index contributed by atoms with van der Waals surface area (Å²) >= 11 is 0. The van der Waals surface area contributed by atoms with Crippen LogP contribution >= 0.6 is 0 Å². The number of nitrogens with one attached hydrogen (secondary N) is 2. The molecule has 19 heavy (non-hydrogen) atoms. The van der Waals surface area contributed by atoms with Gasteiger partial charge >= 0.3 is 0 Å². The highest BCUT2D eigenvalue weighted by molar-refractivity contribution is 6.08. The Morgan fingerprint density at radius 1 is 1.21 bits per heavy atom. The predicted molar refractivity (Wildman–Crippen MR) is 75.4 cm³/mol. The van der Waals surface area contributed by atoms with E-state index in [4.69, 9.17) is 0 Å². The summed E-state index contributed by atoms with van der Waals surface area (Å²) in [6, 6.07) is 5.45. The summed E-state index contributed by atoms with van der Waals surface area (Å²) in [4.78, 5) is 20.5. The standard InChI is InChI=1S/C14H16N4O/c1-9-7-13(15-3)11(8-17-9)14(19)18-12-5-4-6-16-10(12)2/h4-8H,1-3H3,(H,15,17)(H,18,19). The van der Waals surface area contributed by atoms with Crippen LogP contribution in [0.15, 0.2) is 30.6 Å². The van der Waals surface area contributed by atoms with Gasteiger partial charge in [0.25, 0.3) is 5.91 Å². The Bertz CT molecular complexity index is 610. The van der Waals surface area contributed by atoms with Gasteiger partial charge in [-0.15, -0.1) is 0 Å². The van der Waals surface area contributed by atoms with Gasteiger partial charge in [-0.25, -0.2) is 0 Å². The lowest BCUT2D eigenvalue weighted by Crippen LogP contribution is -2.15. The maximum atomic E-state index is 12.2. The van der Waals surface area contributed by atoms with Gasteiger partial charge in [0.1, 0.15) is 0 Å². The van der Waals surface area contributed by atoms with E-state index >= 15 is 0 Å². The number of carbonyl (C=O) groups is 1. The first-order valence-electron chi connectivity index (χ1n) is 5.99. The summed E-state index contributed by atoms with van der Waals surface area (Å²) in [6.45, 7) is 3.73. The minimum atomic E-state index is -0.201. The highest BCUT2D eigenvalue weighted by Gasteiger charge is 2.12. The van der Waals surface area contributed by atoms with Crippen molar-refractivity contribution in [3.05, 3.63) is 47.5 Å². The second-order valence-corrected chi connectivity index (χ2v) is 4.21. The smallest absolute Gasteiger partial charge is 0.259 e. The van der Waals surface area contributed by atoms with Crippen LogP contribution in [0.4, 0.5) is 11.4 Å². The van der Waals surface area contributed by atoms with Crippen molar-refractivity contribution in [1.29, 1.82) is 0 Å². The molecule has 0 aliphatic heterocycles. The van der Waals surface area contributed by atoms with Crippen LogP contribution < -0.4 is 10.6 Å². The van der Waals surface area contributed by atoms with Crippen LogP contribution in [-0.2, 0) is 0 Å². The number of rotatable bonds is 3. The molecule has 0 radical (unpaired) electrons. The van der Waals surface area contributed by atoms with Crippen molar-refractivity contribution in [3.63, 3.8) is 0 Å². The van der Waals surface area contributed by atoms with Gasteiger partial charge in [-0.1, -0.05) is 0 Å². The van der Waals surface area contributed by atoms with Gasteiger partial charge in [0.05, 0.1) is 22.6 Å². The van der Waals surface area contributed by atoms with Crippen molar-refractivity contribution in [1.82, 2.24) is 9.97 Å². The second kappa shape index (κ2) is 5.48. The van der Waals surface area contributed by atoms with E-state index < -0.39 is 0 Å². The number of hydrogen-bond acceptors (Lipinski definition) is 4. The zero-order valence-corrected chi connectivity index (χ0v) is 11.2. The number of amides is 1. The van der Waals surface area contributed by atoms with Crippen molar-refractivity contribution in [2.75, 3.05) is 17.7 Å². The Morgan fingerprint density at radius 2 is 2.00 bits per heavy atom. The van der Waals surface area contributed by atoms with E-state index in [9.17, 15) is 4.79 Å². The van der Waals surface area contributed by atoms with Gasteiger partial charge in [-0.3, -0.25) is 14.8 Å². The lowest BCUT2D eigenvalue weighted by Gasteiger charge is -2.11. The minimum absolute atomic E-state index is 0.201. The van der Waals surface area contributed by atoms with Crippen LogP contribution in [0.1, 0.15) is 21.7 Å². The molecular weight excluding hydrogens is 240 g/mol. The molecule has 0 atom stereocenters. The molecule has 2 aromatic rings. The first-order chi connectivity index (χ1) is 9.11. The summed E-state index contributed by atoms with van der Waals surface area (Å²) in [7, 11) is 1.78. The molecule has 0 saturated carbocycles. The molecule has 0 bridgehead atoms. The van der Waals surface area contributed by atoms with Gasteiger partial charge < -0.3 is 10.6 Å². The minimum Gasteiger partial charge on any atom is -0.387 e. The average Bonchev–Trinajstić information content (AvgIpc) is 2.41. The summed E-state index contributed by atoms with van der Waals surface area (Å²) in [6.07, 6.45) is 3.26. The van der Waals surface area contributed by atoms with E-state index in [1.54, 1.807) is 25.5 Å². The number of carbonyl (C=O) groups excluding carboxylic acids is 1. The van der Waals surface area contributed by atoms with Gasteiger partial charge in [-0.05, 0) is 32.0 Å². The number of pyridine rings is 2. The molecule has 0 aliphatic carbocycles. The molecule has 1 amide bonds. The number of anilines is 2. The number of aryl methyl sites for hydroxylation is 2. The van der Waals surface area contributed by atoms with Gasteiger partial charge in [0, 0.05) is 25.1 Å². The highest BCUT2D eigenvalue weighted by atomic mass is 16.1. The van der Waals surface area contributed by atoms with E-state index in [0.29, 0.717) is 11.3 Å². The molecule has 5 nitrogen and oxygen atoms in total. The molecule has 98 valence electrons. The number of nitrogens with zero attached hydrogens (tertiary/aromatic N) is 2. The van der Waals surface area contributed by atoms with Crippen LogP contribution in [0.25, 0.3) is 0 Å². The van der Waals surface area contributed by atoms with E-state index in [1.165, 1.54) is 0 Å². The summed E-state index contributed by atoms with van der Waals surface area (Å²) in [5.41, 5.74) is 3.61. The van der Waals surface area contributed by atoms with Gasteiger partial charge in [0.2, 0.25) is 0 Å². The van der Waals surface area contributed by atoms with Gasteiger partial charge in [-0.2, -0.15) is 0 Å². The first-order valence-corrected chi connectivity index (χ1v) is 5.99. The Labute approximate surface area is 112 Å². The quantitative estimate of drug-likeness (QED) is 0.884. The van der Waals surface area contributed by atoms with Crippen LogP contribution in [0.2, 0.25) is 0 Å². The molecule has 2 rings (SSSR count). The van der Waals surface area contributed by atoms with Gasteiger partial charge in [0.15, 0.2) is 0 Å². The van der Waals surface area contributed by atoms with Crippen LogP contribution in [-0.4, -0.2) is 22.9 Å². The highest BCUT2D eigenvalue weighted by Crippen LogP contribution is 2.18. The van der Waals surface area contributed by atoms with E-state index in [0.717, 1.165) is 17.1 Å². The Morgan fingerprint density at radius 3 is 2.68 bits per heavy atom. The fraction of sp³-hybridized carbons (Fsp3) is 0.214. The van der Waals surface area contributed by atoms with E-state index in [-0.39, 0.29) is 5.91 Å². The van der Waals surface area contributed by atoms with Crippen LogP contribution in [0.3, 0.4) is 0 Å². The SMILES string of the molecule is CNc1cc(C)ncc1C(=O)Nc1cccnc1C. The Hall–Kier alpha value is -2.43.